The van der Waals surface area contributed by atoms with Gasteiger partial charge >= 0.3 is 5.97 Å². The minimum Gasteiger partial charge on any atom is -0.496 e. The van der Waals surface area contributed by atoms with Crippen molar-refractivity contribution in [3.8, 4) is 5.75 Å². The zero-order valence-electron chi connectivity index (χ0n) is 8.45. The number of aryl methyl sites for hydroxylation is 1. The Morgan fingerprint density at radius 3 is 2.67 bits per heavy atom. The van der Waals surface area contributed by atoms with E-state index in [1.165, 1.54) is 13.2 Å². The minimum atomic E-state index is -1.13. The number of hydrogen-bond acceptors (Lipinski definition) is 3. The largest absolute Gasteiger partial charge is 0.496 e. The Bertz CT molecular complexity index is 392. The van der Waals surface area contributed by atoms with Gasteiger partial charge in [-0.2, -0.15) is 0 Å². The van der Waals surface area contributed by atoms with Gasteiger partial charge in [0.15, 0.2) is 0 Å². The van der Waals surface area contributed by atoms with Crippen LogP contribution in [0, 0.1) is 6.92 Å². The normalized spacial score (nSPS) is 12.3. The van der Waals surface area contributed by atoms with Crippen LogP contribution >= 0.6 is 11.6 Å². The van der Waals surface area contributed by atoms with Crippen LogP contribution in [0.2, 0.25) is 5.02 Å². The summed E-state index contributed by atoms with van der Waals surface area (Å²) in [5.74, 6) is -0.649. The van der Waals surface area contributed by atoms with Gasteiger partial charge in [-0.05, 0) is 24.6 Å². The number of carboxylic acids is 1. The molecule has 1 atom stereocenters. The Kier molecular flexibility index (Phi) is 3.55. The molecule has 82 valence electrons. The van der Waals surface area contributed by atoms with Crippen LogP contribution in [-0.4, -0.2) is 18.2 Å². The average molecular weight is 230 g/mol. The highest BCUT2D eigenvalue weighted by Gasteiger charge is 2.20. The Morgan fingerprint density at radius 1 is 1.60 bits per heavy atom. The Labute approximate surface area is 92.6 Å². The molecule has 4 nitrogen and oxygen atoms in total. The first-order chi connectivity index (χ1) is 6.97. The van der Waals surface area contributed by atoms with Crippen LogP contribution in [-0.2, 0) is 4.79 Å². The quantitative estimate of drug-likeness (QED) is 0.828. The number of hydrogen-bond donors (Lipinski definition) is 2. The van der Waals surface area contributed by atoms with Gasteiger partial charge in [0.1, 0.15) is 11.8 Å². The maximum absolute atomic E-state index is 10.8. The van der Waals surface area contributed by atoms with Crippen molar-refractivity contribution in [2.75, 3.05) is 7.11 Å². The summed E-state index contributed by atoms with van der Waals surface area (Å²) >= 11 is 5.82. The second-order valence-corrected chi connectivity index (χ2v) is 3.60. The number of rotatable bonds is 3. The third-order valence-electron chi connectivity index (χ3n) is 2.07. The van der Waals surface area contributed by atoms with E-state index in [9.17, 15) is 4.79 Å². The molecule has 0 saturated heterocycles. The van der Waals surface area contributed by atoms with E-state index >= 15 is 0 Å². The molecule has 0 bridgehead atoms. The van der Waals surface area contributed by atoms with Gasteiger partial charge < -0.3 is 15.6 Å². The number of benzene rings is 1. The van der Waals surface area contributed by atoms with Crippen molar-refractivity contribution < 1.29 is 14.6 Å². The second-order valence-electron chi connectivity index (χ2n) is 3.16. The predicted octanol–water partition coefficient (Wildman–Crippen LogP) is 1.74. The van der Waals surface area contributed by atoms with Gasteiger partial charge in [-0.3, -0.25) is 4.79 Å². The number of carbonyl (C=O) groups is 1. The highest BCUT2D eigenvalue weighted by atomic mass is 35.5. The van der Waals surface area contributed by atoms with Crippen LogP contribution in [0.25, 0.3) is 0 Å². The van der Waals surface area contributed by atoms with Crippen LogP contribution in [0.3, 0.4) is 0 Å². The molecule has 1 unspecified atom stereocenters. The molecule has 0 saturated carbocycles. The fourth-order valence-electron chi connectivity index (χ4n) is 1.40. The molecule has 15 heavy (non-hydrogen) atoms. The molecule has 0 aromatic heterocycles. The summed E-state index contributed by atoms with van der Waals surface area (Å²) in [6, 6.07) is 2.07. The summed E-state index contributed by atoms with van der Waals surface area (Å²) in [7, 11) is 1.47. The molecule has 0 aliphatic carbocycles. The molecule has 1 aromatic rings. The smallest absolute Gasteiger partial charge is 0.325 e. The summed E-state index contributed by atoms with van der Waals surface area (Å²) in [6.45, 7) is 1.78. The van der Waals surface area contributed by atoms with Crippen molar-refractivity contribution in [1.29, 1.82) is 0 Å². The molecule has 0 aliphatic rings. The monoisotopic (exact) mass is 229 g/mol. The molecule has 0 amide bonds. The maximum Gasteiger partial charge on any atom is 0.325 e. The first-order valence-electron chi connectivity index (χ1n) is 4.29. The Hall–Kier alpha value is -1.26. The van der Waals surface area contributed by atoms with Gasteiger partial charge in [0, 0.05) is 10.6 Å². The lowest BCUT2D eigenvalue weighted by molar-refractivity contribution is -0.138. The van der Waals surface area contributed by atoms with E-state index in [0.29, 0.717) is 16.3 Å². The fraction of sp³-hybridized carbons (Fsp3) is 0.300. The lowest BCUT2D eigenvalue weighted by Crippen LogP contribution is -2.21. The average Bonchev–Trinajstić information content (AvgIpc) is 2.15. The Balaban J connectivity index is 3.32. The molecule has 5 heteroatoms. The van der Waals surface area contributed by atoms with Gasteiger partial charge in [-0.1, -0.05) is 11.6 Å². The molecule has 0 aliphatic heterocycles. The van der Waals surface area contributed by atoms with E-state index in [1.54, 1.807) is 13.0 Å². The number of ether oxygens (including phenoxy) is 1. The van der Waals surface area contributed by atoms with Crippen LogP contribution in [0.15, 0.2) is 12.1 Å². The molecule has 1 aromatic carbocycles. The number of halogens is 1. The standard InChI is InChI=1S/C10H12ClNO3/c1-5-3-6(11)4-7(9(5)15-2)8(12)10(13)14/h3-4,8H,12H2,1-2H3,(H,13,14). The zero-order valence-corrected chi connectivity index (χ0v) is 9.21. The van der Waals surface area contributed by atoms with E-state index in [0.717, 1.165) is 5.56 Å². The summed E-state index contributed by atoms with van der Waals surface area (Å²) in [5.41, 5.74) is 6.66. The molecule has 0 radical (unpaired) electrons. The van der Waals surface area contributed by atoms with E-state index in [4.69, 9.17) is 27.2 Å². The number of methoxy groups -OCH3 is 1. The molecule has 0 heterocycles. The van der Waals surface area contributed by atoms with Crippen molar-refractivity contribution in [2.45, 2.75) is 13.0 Å². The predicted molar refractivity (Wildman–Crippen MR) is 57.3 cm³/mol. The number of nitrogens with two attached hydrogens (primary N) is 1. The summed E-state index contributed by atoms with van der Waals surface area (Å²) in [4.78, 5) is 10.8. The summed E-state index contributed by atoms with van der Waals surface area (Å²) in [6.07, 6.45) is 0. The van der Waals surface area contributed by atoms with E-state index in [2.05, 4.69) is 0 Å². The van der Waals surface area contributed by atoms with Crippen LogP contribution in [0.4, 0.5) is 0 Å². The van der Waals surface area contributed by atoms with Gasteiger partial charge in [-0.15, -0.1) is 0 Å². The van der Waals surface area contributed by atoms with Crippen molar-refractivity contribution in [2.24, 2.45) is 5.73 Å². The molecule has 1 rings (SSSR count). The summed E-state index contributed by atoms with van der Waals surface area (Å²) in [5, 5.41) is 9.26. The van der Waals surface area contributed by atoms with E-state index < -0.39 is 12.0 Å². The molecule has 0 spiro atoms. The third-order valence-corrected chi connectivity index (χ3v) is 2.29. The van der Waals surface area contributed by atoms with E-state index in [-0.39, 0.29) is 0 Å². The topological polar surface area (TPSA) is 72.5 Å². The lowest BCUT2D eigenvalue weighted by Gasteiger charge is -2.14. The highest BCUT2D eigenvalue weighted by molar-refractivity contribution is 6.30. The molecule has 3 N–H and O–H groups in total. The van der Waals surface area contributed by atoms with Gasteiger partial charge in [0.05, 0.1) is 7.11 Å². The van der Waals surface area contributed by atoms with Crippen molar-refractivity contribution in [1.82, 2.24) is 0 Å². The van der Waals surface area contributed by atoms with Crippen LogP contribution in [0.1, 0.15) is 17.2 Å². The lowest BCUT2D eigenvalue weighted by atomic mass is 10.0. The summed E-state index contributed by atoms with van der Waals surface area (Å²) < 4.78 is 5.10. The number of aliphatic carboxylic acids is 1. The SMILES string of the molecule is COc1c(C)cc(Cl)cc1C(N)C(=O)O. The fourth-order valence-corrected chi connectivity index (χ4v) is 1.68. The van der Waals surface area contributed by atoms with Crippen molar-refractivity contribution >= 4 is 17.6 Å². The first-order valence-corrected chi connectivity index (χ1v) is 4.67. The zero-order chi connectivity index (χ0) is 11.6. The van der Waals surface area contributed by atoms with E-state index in [1.807, 2.05) is 0 Å². The Morgan fingerprint density at radius 2 is 2.20 bits per heavy atom. The highest BCUT2D eigenvalue weighted by Crippen LogP contribution is 2.31. The second kappa shape index (κ2) is 4.51. The number of carboxylic acid groups (broad SMARTS) is 1. The van der Waals surface area contributed by atoms with Gasteiger partial charge in [0.2, 0.25) is 0 Å². The third kappa shape index (κ3) is 2.40. The molecular weight excluding hydrogens is 218 g/mol. The van der Waals surface area contributed by atoms with Crippen molar-refractivity contribution in [3.05, 3.63) is 28.3 Å². The first kappa shape index (κ1) is 11.8. The molecule has 0 fully saturated rings. The van der Waals surface area contributed by atoms with Crippen LogP contribution < -0.4 is 10.5 Å². The molecular formula is C10H12ClNO3. The van der Waals surface area contributed by atoms with Gasteiger partial charge in [-0.25, -0.2) is 0 Å². The van der Waals surface area contributed by atoms with Gasteiger partial charge in [0.25, 0.3) is 0 Å². The van der Waals surface area contributed by atoms with Crippen molar-refractivity contribution in [3.63, 3.8) is 0 Å². The maximum atomic E-state index is 10.8. The van der Waals surface area contributed by atoms with Crippen LogP contribution in [0.5, 0.6) is 5.75 Å². The minimum absolute atomic E-state index is 0.384.